The minimum Gasteiger partial charge on any atom is -0.316 e. The lowest BCUT2D eigenvalue weighted by Gasteiger charge is -1.93. The first-order chi connectivity index (χ1) is 4.33. The van der Waals surface area contributed by atoms with E-state index in [0.29, 0.717) is 0 Å². The first kappa shape index (κ1) is 6.30. The van der Waals surface area contributed by atoms with Crippen LogP contribution in [-0.2, 0) is 0 Å². The Hall–Kier alpha value is -0.820. The summed E-state index contributed by atoms with van der Waals surface area (Å²) >= 11 is 0. The third-order valence-corrected chi connectivity index (χ3v) is 1.38. The molecule has 0 aliphatic rings. The van der Waals surface area contributed by atoms with Crippen LogP contribution in [0.4, 0.5) is 5.69 Å². The number of benzene rings is 1. The Labute approximate surface area is 55.7 Å². The quantitative estimate of drug-likeness (QED) is 0.531. The number of rotatable bonds is 1. The Morgan fingerprint density at radius 2 is 2.11 bits per heavy atom. The van der Waals surface area contributed by atoms with Gasteiger partial charge in [0.05, 0.1) is 7.05 Å². The van der Waals surface area contributed by atoms with Crippen molar-refractivity contribution >= 4 is 5.69 Å². The first-order valence-electron chi connectivity index (χ1n) is 3.19. The van der Waals surface area contributed by atoms with Crippen LogP contribution in [0.25, 0.3) is 0 Å². The van der Waals surface area contributed by atoms with Gasteiger partial charge >= 0.3 is 0 Å². The third-order valence-electron chi connectivity index (χ3n) is 1.38. The molecule has 48 valence electrons. The Morgan fingerprint density at radius 1 is 1.33 bits per heavy atom. The molecule has 0 saturated carbocycles. The van der Waals surface area contributed by atoms with Crippen molar-refractivity contribution in [3.05, 3.63) is 29.8 Å². The summed E-state index contributed by atoms with van der Waals surface area (Å²) in [6.07, 6.45) is 0. The van der Waals surface area contributed by atoms with Gasteiger partial charge in [0.25, 0.3) is 0 Å². The molecule has 0 radical (unpaired) electrons. The fourth-order valence-corrected chi connectivity index (χ4v) is 0.850. The first-order valence-corrected chi connectivity index (χ1v) is 3.19. The topological polar surface area (TPSA) is 16.6 Å². The molecule has 0 bridgehead atoms. The lowest BCUT2D eigenvalue weighted by molar-refractivity contribution is -0.539. The number of hydrogen-bond donors (Lipinski definition) is 1. The molecule has 1 aromatic carbocycles. The molecule has 0 spiro atoms. The molecule has 1 rings (SSSR count). The van der Waals surface area contributed by atoms with Gasteiger partial charge in [0.1, 0.15) is 5.69 Å². The van der Waals surface area contributed by atoms with Gasteiger partial charge in [-0.05, 0) is 18.6 Å². The highest BCUT2D eigenvalue weighted by molar-refractivity contribution is 5.32. The van der Waals surface area contributed by atoms with Crippen LogP contribution in [0.5, 0.6) is 0 Å². The average Bonchev–Trinajstić information content (AvgIpc) is 1.88. The second-order valence-corrected chi connectivity index (χ2v) is 2.20. The summed E-state index contributed by atoms with van der Waals surface area (Å²) in [6.45, 7) is 2.10. The van der Waals surface area contributed by atoms with Crippen LogP contribution in [0.2, 0.25) is 0 Å². The summed E-state index contributed by atoms with van der Waals surface area (Å²) in [5.41, 5.74) is 2.63. The second-order valence-electron chi connectivity index (χ2n) is 2.20. The van der Waals surface area contributed by atoms with E-state index in [1.807, 2.05) is 0 Å². The standard InChI is InChI=1S/C8H11N/c1-7-4-3-5-8(6-7)9-2/h3-6,9H,1-2H3/p+1. The lowest BCUT2D eigenvalue weighted by Crippen LogP contribution is -2.72. The summed E-state index contributed by atoms with van der Waals surface area (Å²) in [4.78, 5) is 0. The molecule has 9 heavy (non-hydrogen) atoms. The van der Waals surface area contributed by atoms with Gasteiger partial charge in [-0.15, -0.1) is 0 Å². The normalized spacial score (nSPS) is 9.56. The van der Waals surface area contributed by atoms with E-state index in [9.17, 15) is 0 Å². The van der Waals surface area contributed by atoms with Crippen molar-refractivity contribution < 1.29 is 5.32 Å². The molecule has 1 heteroatoms. The van der Waals surface area contributed by atoms with Gasteiger partial charge in [0.15, 0.2) is 0 Å². The molecule has 0 aliphatic heterocycles. The fourth-order valence-electron chi connectivity index (χ4n) is 0.850. The molecular weight excluding hydrogens is 110 g/mol. The van der Waals surface area contributed by atoms with Crippen LogP contribution in [0.3, 0.4) is 0 Å². The molecule has 0 fully saturated rings. The molecule has 0 aromatic heterocycles. The SMILES string of the molecule is C[NH2+]c1cccc(C)c1. The van der Waals surface area contributed by atoms with Crippen molar-refractivity contribution in [1.29, 1.82) is 0 Å². The maximum absolute atomic E-state index is 2.17. The van der Waals surface area contributed by atoms with Gasteiger partial charge in [-0.25, -0.2) is 0 Å². The second kappa shape index (κ2) is 2.65. The summed E-state index contributed by atoms with van der Waals surface area (Å²) in [5.74, 6) is 0. The van der Waals surface area contributed by atoms with Crippen LogP contribution in [0, 0.1) is 6.92 Å². The van der Waals surface area contributed by atoms with Crippen molar-refractivity contribution in [2.45, 2.75) is 6.92 Å². The number of nitrogens with two attached hydrogens (primary N) is 1. The van der Waals surface area contributed by atoms with Crippen molar-refractivity contribution in [2.24, 2.45) is 0 Å². The highest BCUT2D eigenvalue weighted by Gasteiger charge is 1.89. The molecule has 0 unspecified atom stereocenters. The highest BCUT2D eigenvalue weighted by Crippen LogP contribution is 2.02. The number of hydrogen-bond acceptors (Lipinski definition) is 0. The minimum atomic E-state index is 1.30. The molecule has 0 atom stereocenters. The molecular formula is C8H12N+. The van der Waals surface area contributed by atoms with E-state index in [-0.39, 0.29) is 0 Å². The van der Waals surface area contributed by atoms with Gasteiger partial charge in [-0.1, -0.05) is 12.1 Å². The Kier molecular flexibility index (Phi) is 1.85. The Bertz CT molecular complexity index is 194. The average molecular weight is 122 g/mol. The van der Waals surface area contributed by atoms with Gasteiger partial charge in [0, 0.05) is 6.07 Å². The Balaban J connectivity index is 2.94. The summed E-state index contributed by atoms with van der Waals surface area (Å²) in [7, 11) is 2.05. The van der Waals surface area contributed by atoms with Crippen LogP contribution in [0.15, 0.2) is 24.3 Å². The van der Waals surface area contributed by atoms with Crippen LogP contribution < -0.4 is 5.32 Å². The van der Waals surface area contributed by atoms with Crippen LogP contribution in [0.1, 0.15) is 5.56 Å². The van der Waals surface area contributed by atoms with E-state index in [0.717, 1.165) is 0 Å². The van der Waals surface area contributed by atoms with E-state index in [2.05, 4.69) is 43.6 Å². The number of quaternary nitrogens is 1. The van der Waals surface area contributed by atoms with Crippen molar-refractivity contribution in [2.75, 3.05) is 7.05 Å². The van der Waals surface area contributed by atoms with E-state index >= 15 is 0 Å². The summed E-state index contributed by atoms with van der Waals surface area (Å²) in [6, 6.07) is 8.45. The highest BCUT2D eigenvalue weighted by atomic mass is 14.8. The minimum absolute atomic E-state index is 1.30. The van der Waals surface area contributed by atoms with E-state index in [1.54, 1.807) is 0 Å². The van der Waals surface area contributed by atoms with Gasteiger partial charge in [-0.3, -0.25) is 0 Å². The van der Waals surface area contributed by atoms with Gasteiger partial charge in [-0.2, -0.15) is 0 Å². The Morgan fingerprint density at radius 3 is 2.56 bits per heavy atom. The zero-order valence-electron chi connectivity index (χ0n) is 5.89. The van der Waals surface area contributed by atoms with E-state index in [1.165, 1.54) is 11.3 Å². The zero-order chi connectivity index (χ0) is 6.69. The summed E-state index contributed by atoms with van der Waals surface area (Å²) in [5, 5.41) is 2.10. The predicted molar refractivity (Wildman–Crippen MR) is 38.7 cm³/mol. The smallest absolute Gasteiger partial charge is 0.129 e. The lowest BCUT2D eigenvalue weighted by atomic mass is 10.2. The largest absolute Gasteiger partial charge is 0.316 e. The van der Waals surface area contributed by atoms with Gasteiger partial charge in [0.2, 0.25) is 0 Å². The van der Waals surface area contributed by atoms with Crippen molar-refractivity contribution in [3.8, 4) is 0 Å². The van der Waals surface area contributed by atoms with Crippen molar-refractivity contribution in [1.82, 2.24) is 0 Å². The monoisotopic (exact) mass is 122 g/mol. The van der Waals surface area contributed by atoms with E-state index < -0.39 is 0 Å². The fraction of sp³-hybridized carbons (Fsp3) is 0.250. The van der Waals surface area contributed by atoms with Crippen LogP contribution in [-0.4, -0.2) is 7.05 Å². The van der Waals surface area contributed by atoms with Crippen molar-refractivity contribution in [3.63, 3.8) is 0 Å². The predicted octanol–water partition coefficient (Wildman–Crippen LogP) is 0.820. The molecule has 1 nitrogen and oxygen atoms in total. The molecule has 0 aliphatic carbocycles. The van der Waals surface area contributed by atoms with Gasteiger partial charge < -0.3 is 5.32 Å². The van der Waals surface area contributed by atoms with Crippen LogP contribution >= 0.6 is 0 Å². The number of aryl methyl sites for hydroxylation is 1. The molecule has 2 N–H and O–H groups in total. The molecule has 0 amide bonds. The molecule has 0 saturated heterocycles. The molecule has 0 heterocycles. The van der Waals surface area contributed by atoms with E-state index in [4.69, 9.17) is 0 Å². The third kappa shape index (κ3) is 1.54. The molecule has 1 aromatic rings. The summed E-state index contributed by atoms with van der Waals surface area (Å²) < 4.78 is 0. The maximum atomic E-state index is 2.17. The zero-order valence-corrected chi connectivity index (χ0v) is 5.89. The maximum Gasteiger partial charge on any atom is 0.129 e.